The zero-order valence-electron chi connectivity index (χ0n) is 8.54. The Balaban J connectivity index is 2.90. The minimum absolute atomic E-state index is 0.00718. The molecule has 0 radical (unpaired) electrons. The van der Waals surface area contributed by atoms with Crippen molar-refractivity contribution in [3.8, 4) is 0 Å². The van der Waals surface area contributed by atoms with E-state index in [4.69, 9.17) is 10.8 Å². The molecule has 90 valence electrons. The monoisotopic (exact) mass is 234 g/mol. The molecule has 0 spiro atoms. The van der Waals surface area contributed by atoms with Gasteiger partial charge in [-0.15, -0.1) is 0 Å². The van der Waals surface area contributed by atoms with Gasteiger partial charge in [-0.05, 0) is 18.2 Å². The lowest BCUT2D eigenvalue weighted by molar-refractivity contribution is 0.153. The van der Waals surface area contributed by atoms with Gasteiger partial charge in [0.25, 0.3) is 6.43 Å². The first-order valence-corrected chi connectivity index (χ1v) is 4.73. The first kappa shape index (κ1) is 12.6. The smallest absolute Gasteiger partial charge is 0.255 e. The number of aliphatic hydroxyl groups excluding tert-OH is 1. The molecule has 1 aromatic carbocycles. The molecule has 0 aliphatic carbocycles. The molecule has 0 amide bonds. The predicted octanol–water partition coefficient (Wildman–Crippen LogP) is 1.47. The first-order valence-electron chi connectivity index (χ1n) is 4.73. The molecule has 0 bridgehead atoms. The third kappa shape index (κ3) is 3.62. The highest BCUT2D eigenvalue weighted by atomic mass is 19.3. The van der Waals surface area contributed by atoms with Gasteiger partial charge in [-0.25, -0.2) is 13.2 Å². The number of alkyl halides is 2. The first-order chi connectivity index (χ1) is 7.52. The van der Waals surface area contributed by atoms with Crippen LogP contribution in [0.1, 0.15) is 0 Å². The molecule has 0 fully saturated rings. The number of halogens is 3. The zero-order chi connectivity index (χ0) is 12.1. The Hall–Kier alpha value is -1.43. The van der Waals surface area contributed by atoms with Gasteiger partial charge >= 0.3 is 0 Å². The highest BCUT2D eigenvalue weighted by Gasteiger charge is 2.13. The normalized spacial score (nSPS) is 10.8. The fourth-order valence-electron chi connectivity index (χ4n) is 1.39. The molecular formula is C10H13F3N2O. The van der Waals surface area contributed by atoms with E-state index in [2.05, 4.69) is 0 Å². The van der Waals surface area contributed by atoms with Crippen molar-refractivity contribution in [1.29, 1.82) is 0 Å². The molecule has 0 saturated heterocycles. The van der Waals surface area contributed by atoms with Crippen molar-refractivity contribution in [3.63, 3.8) is 0 Å². The van der Waals surface area contributed by atoms with E-state index < -0.39 is 18.8 Å². The molecule has 16 heavy (non-hydrogen) atoms. The zero-order valence-corrected chi connectivity index (χ0v) is 8.54. The summed E-state index contributed by atoms with van der Waals surface area (Å²) in [6.07, 6.45) is -2.56. The molecule has 0 atom stereocenters. The summed E-state index contributed by atoms with van der Waals surface area (Å²) in [7, 11) is 0. The van der Waals surface area contributed by atoms with Crippen LogP contribution in [0.15, 0.2) is 18.2 Å². The molecule has 3 N–H and O–H groups in total. The highest BCUT2D eigenvalue weighted by Crippen LogP contribution is 2.20. The summed E-state index contributed by atoms with van der Waals surface area (Å²) in [6.45, 7) is -0.847. The van der Waals surface area contributed by atoms with Crippen molar-refractivity contribution >= 4 is 11.4 Å². The van der Waals surface area contributed by atoms with Gasteiger partial charge in [0, 0.05) is 17.9 Å². The lowest BCUT2D eigenvalue weighted by atomic mass is 10.2. The fraction of sp³-hybridized carbons (Fsp3) is 0.400. The van der Waals surface area contributed by atoms with Crippen molar-refractivity contribution in [3.05, 3.63) is 24.0 Å². The van der Waals surface area contributed by atoms with Crippen LogP contribution in [0.4, 0.5) is 24.5 Å². The van der Waals surface area contributed by atoms with Crippen molar-refractivity contribution < 1.29 is 18.3 Å². The van der Waals surface area contributed by atoms with E-state index in [1.807, 2.05) is 0 Å². The van der Waals surface area contributed by atoms with Crippen molar-refractivity contribution in [2.45, 2.75) is 6.43 Å². The van der Waals surface area contributed by atoms with E-state index in [-0.39, 0.29) is 24.5 Å². The molecule has 0 unspecified atom stereocenters. The largest absolute Gasteiger partial charge is 0.399 e. The van der Waals surface area contributed by atoms with Crippen LogP contribution in [0.3, 0.4) is 0 Å². The number of nitrogens with two attached hydrogens (primary N) is 1. The van der Waals surface area contributed by atoms with Gasteiger partial charge in [-0.2, -0.15) is 0 Å². The second-order valence-electron chi connectivity index (χ2n) is 3.30. The molecule has 0 aliphatic rings. The van der Waals surface area contributed by atoms with Crippen LogP contribution in [0.2, 0.25) is 0 Å². The molecule has 1 rings (SSSR count). The van der Waals surface area contributed by atoms with E-state index in [9.17, 15) is 13.2 Å². The summed E-state index contributed by atoms with van der Waals surface area (Å²) >= 11 is 0. The number of aliphatic hydroxyl groups is 1. The third-order valence-corrected chi connectivity index (χ3v) is 2.00. The van der Waals surface area contributed by atoms with Gasteiger partial charge in [-0.3, -0.25) is 0 Å². The van der Waals surface area contributed by atoms with Gasteiger partial charge in [0.2, 0.25) is 0 Å². The fourth-order valence-corrected chi connectivity index (χ4v) is 1.39. The van der Waals surface area contributed by atoms with Crippen LogP contribution >= 0.6 is 0 Å². The molecule has 0 aromatic heterocycles. The van der Waals surface area contributed by atoms with E-state index in [1.54, 1.807) is 0 Å². The minimum atomic E-state index is -2.56. The lowest BCUT2D eigenvalue weighted by Gasteiger charge is -2.23. The van der Waals surface area contributed by atoms with Gasteiger partial charge in [0.1, 0.15) is 5.82 Å². The topological polar surface area (TPSA) is 49.5 Å². The van der Waals surface area contributed by atoms with Gasteiger partial charge in [0.15, 0.2) is 0 Å². The molecule has 3 nitrogen and oxygen atoms in total. The second-order valence-corrected chi connectivity index (χ2v) is 3.30. The number of rotatable bonds is 5. The van der Waals surface area contributed by atoms with E-state index in [1.165, 1.54) is 11.0 Å². The number of nitrogen functional groups attached to an aromatic ring is 1. The van der Waals surface area contributed by atoms with Crippen LogP contribution in [0.5, 0.6) is 0 Å². The average molecular weight is 234 g/mol. The van der Waals surface area contributed by atoms with Gasteiger partial charge in [-0.1, -0.05) is 0 Å². The standard InChI is InChI=1S/C10H13F3N2O/c11-7-3-8(14)5-9(4-7)15(1-2-16)6-10(12)13/h3-5,10,16H,1-2,6,14H2. The maximum atomic E-state index is 13.0. The predicted molar refractivity (Wildman–Crippen MR) is 56.1 cm³/mol. The lowest BCUT2D eigenvalue weighted by Crippen LogP contribution is -2.31. The highest BCUT2D eigenvalue weighted by molar-refractivity contribution is 5.56. The van der Waals surface area contributed by atoms with E-state index in [0.717, 1.165) is 12.1 Å². The van der Waals surface area contributed by atoms with Crippen molar-refractivity contribution in [2.75, 3.05) is 30.3 Å². The van der Waals surface area contributed by atoms with Crippen LogP contribution in [-0.2, 0) is 0 Å². The van der Waals surface area contributed by atoms with Gasteiger partial charge in [0.05, 0.1) is 13.2 Å². The van der Waals surface area contributed by atoms with Crippen molar-refractivity contribution in [1.82, 2.24) is 0 Å². The summed E-state index contributed by atoms with van der Waals surface area (Å²) in [5.41, 5.74) is 5.81. The SMILES string of the molecule is Nc1cc(F)cc(N(CCO)CC(F)F)c1. The molecule has 0 heterocycles. The number of anilines is 2. The Morgan fingerprint density at radius 2 is 2.00 bits per heavy atom. The second kappa shape index (κ2) is 5.60. The quantitative estimate of drug-likeness (QED) is 0.758. The molecule has 0 aliphatic heterocycles. The summed E-state index contributed by atoms with van der Waals surface area (Å²) in [6, 6.07) is 3.60. The summed E-state index contributed by atoms with van der Waals surface area (Å²) in [5, 5.41) is 8.74. The Morgan fingerprint density at radius 1 is 1.31 bits per heavy atom. The Kier molecular flexibility index (Phi) is 4.42. The number of benzene rings is 1. The third-order valence-electron chi connectivity index (χ3n) is 2.00. The molecule has 0 saturated carbocycles. The average Bonchev–Trinajstić information content (AvgIpc) is 2.14. The van der Waals surface area contributed by atoms with Crippen LogP contribution in [0, 0.1) is 5.82 Å². The van der Waals surface area contributed by atoms with E-state index in [0.29, 0.717) is 0 Å². The minimum Gasteiger partial charge on any atom is -0.399 e. The van der Waals surface area contributed by atoms with Crippen LogP contribution in [-0.4, -0.2) is 31.2 Å². The Labute approximate surface area is 91.3 Å². The van der Waals surface area contributed by atoms with Crippen LogP contribution in [0.25, 0.3) is 0 Å². The van der Waals surface area contributed by atoms with E-state index >= 15 is 0 Å². The summed E-state index contributed by atoms with van der Waals surface area (Å²) in [5.74, 6) is -0.591. The Morgan fingerprint density at radius 3 is 2.50 bits per heavy atom. The van der Waals surface area contributed by atoms with Crippen LogP contribution < -0.4 is 10.6 Å². The van der Waals surface area contributed by atoms with Gasteiger partial charge < -0.3 is 15.7 Å². The number of hydrogen-bond donors (Lipinski definition) is 2. The molecular weight excluding hydrogens is 221 g/mol. The van der Waals surface area contributed by atoms with Crippen molar-refractivity contribution in [2.24, 2.45) is 0 Å². The maximum absolute atomic E-state index is 13.0. The maximum Gasteiger partial charge on any atom is 0.255 e. The summed E-state index contributed by atoms with van der Waals surface area (Å²) < 4.78 is 37.5. The number of nitrogens with zero attached hydrogens (tertiary/aromatic N) is 1. The molecule has 6 heteroatoms. The molecule has 1 aromatic rings. The number of hydrogen-bond acceptors (Lipinski definition) is 3. The summed E-state index contributed by atoms with van der Waals surface area (Å²) in [4.78, 5) is 1.18. The Bertz CT molecular complexity index is 327.